The van der Waals surface area contributed by atoms with E-state index in [4.69, 9.17) is 11.6 Å². The molecule has 1 aliphatic rings. The quantitative estimate of drug-likeness (QED) is 0.804. The second kappa shape index (κ2) is 4.88. The van der Waals surface area contributed by atoms with Gasteiger partial charge in [-0.2, -0.15) is 4.31 Å². The van der Waals surface area contributed by atoms with Crippen LogP contribution in [0.25, 0.3) is 0 Å². The Balaban J connectivity index is 2.30. The number of nitrogens with zero attached hydrogens (tertiary/aromatic N) is 1. The van der Waals surface area contributed by atoms with Gasteiger partial charge in [-0.25, -0.2) is 8.42 Å². The first-order valence-corrected chi connectivity index (χ1v) is 8.45. The molecule has 2 atom stereocenters. The number of sulfonamides is 1. The molecule has 1 fully saturated rings. The average molecular weight is 294 g/mol. The van der Waals surface area contributed by atoms with Gasteiger partial charge in [-0.05, 0) is 25.3 Å². The van der Waals surface area contributed by atoms with Crippen molar-refractivity contribution in [2.24, 2.45) is 5.92 Å². The Labute approximate surface area is 111 Å². The highest BCUT2D eigenvalue weighted by atomic mass is 35.5. The molecular formula is C11H16ClNO2S2. The minimum absolute atomic E-state index is 0.0920. The Morgan fingerprint density at radius 2 is 2.24 bits per heavy atom. The first kappa shape index (κ1) is 13.3. The number of hydrogen-bond donors (Lipinski definition) is 0. The van der Waals surface area contributed by atoms with Gasteiger partial charge in [0.05, 0.1) is 10.8 Å². The van der Waals surface area contributed by atoms with Crippen molar-refractivity contribution >= 4 is 33.0 Å². The maximum Gasteiger partial charge on any atom is 0.244 e. The zero-order chi connectivity index (χ0) is 12.6. The van der Waals surface area contributed by atoms with Gasteiger partial charge in [-0.3, -0.25) is 0 Å². The third-order valence-corrected chi connectivity index (χ3v) is 6.58. The summed E-state index contributed by atoms with van der Waals surface area (Å²) in [5.41, 5.74) is 0. The molecule has 96 valence electrons. The van der Waals surface area contributed by atoms with Gasteiger partial charge in [0.25, 0.3) is 0 Å². The van der Waals surface area contributed by atoms with Gasteiger partial charge in [0.2, 0.25) is 10.0 Å². The minimum Gasteiger partial charge on any atom is -0.207 e. The third-order valence-electron chi connectivity index (χ3n) is 3.09. The largest absolute Gasteiger partial charge is 0.244 e. The van der Waals surface area contributed by atoms with Crippen LogP contribution in [0.2, 0.25) is 0 Å². The second-order valence-electron chi connectivity index (χ2n) is 4.65. The molecule has 2 rings (SSSR count). The fourth-order valence-electron chi connectivity index (χ4n) is 2.30. The van der Waals surface area contributed by atoms with Gasteiger partial charge in [0.15, 0.2) is 0 Å². The molecule has 0 aromatic carbocycles. The van der Waals surface area contributed by atoms with Crippen molar-refractivity contribution in [3.8, 4) is 0 Å². The van der Waals surface area contributed by atoms with E-state index in [-0.39, 0.29) is 6.04 Å². The molecule has 1 aromatic rings. The van der Waals surface area contributed by atoms with Crippen molar-refractivity contribution in [2.45, 2.75) is 37.1 Å². The van der Waals surface area contributed by atoms with Crippen LogP contribution >= 0.6 is 22.9 Å². The van der Waals surface area contributed by atoms with Crippen LogP contribution in [-0.2, 0) is 15.9 Å². The summed E-state index contributed by atoms with van der Waals surface area (Å²) in [5.74, 6) is 0.803. The van der Waals surface area contributed by atoms with E-state index in [1.54, 1.807) is 15.8 Å². The summed E-state index contributed by atoms with van der Waals surface area (Å²) in [7, 11) is -3.32. The molecule has 0 saturated carbocycles. The third kappa shape index (κ3) is 2.52. The van der Waals surface area contributed by atoms with Crippen LogP contribution in [0.3, 0.4) is 0 Å². The van der Waals surface area contributed by atoms with Crippen LogP contribution in [0.5, 0.6) is 0 Å². The van der Waals surface area contributed by atoms with E-state index in [1.165, 1.54) is 11.3 Å². The van der Waals surface area contributed by atoms with Crippen LogP contribution in [-0.4, -0.2) is 25.3 Å². The van der Waals surface area contributed by atoms with Crippen LogP contribution in [0.15, 0.2) is 16.3 Å². The van der Waals surface area contributed by atoms with Crippen molar-refractivity contribution < 1.29 is 8.42 Å². The Morgan fingerprint density at radius 1 is 1.53 bits per heavy atom. The normalized spacial score (nSPS) is 26.5. The molecule has 6 heteroatoms. The summed E-state index contributed by atoms with van der Waals surface area (Å²) in [6.07, 6.45) is 0.936. The molecule has 0 bridgehead atoms. The van der Waals surface area contributed by atoms with Crippen molar-refractivity contribution in [2.75, 3.05) is 6.54 Å². The zero-order valence-corrected chi connectivity index (χ0v) is 12.3. The van der Waals surface area contributed by atoms with Gasteiger partial charge >= 0.3 is 0 Å². The molecule has 17 heavy (non-hydrogen) atoms. The van der Waals surface area contributed by atoms with E-state index in [0.717, 1.165) is 11.3 Å². The van der Waals surface area contributed by atoms with Crippen molar-refractivity contribution in [3.05, 3.63) is 16.3 Å². The standard InChI is InChI=1S/C11H16ClNO2S2/c1-8-3-9(2)13(6-8)17(14,15)11-4-10(5-12)16-7-11/h4,7-9H,3,5-6H2,1-2H3. The van der Waals surface area contributed by atoms with Gasteiger partial charge in [0.1, 0.15) is 0 Å². The van der Waals surface area contributed by atoms with Crippen LogP contribution in [0.1, 0.15) is 25.1 Å². The first-order valence-electron chi connectivity index (χ1n) is 5.60. The highest BCUT2D eigenvalue weighted by Gasteiger charge is 2.36. The summed E-state index contributed by atoms with van der Waals surface area (Å²) in [4.78, 5) is 1.28. The highest BCUT2D eigenvalue weighted by molar-refractivity contribution is 7.89. The monoisotopic (exact) mass is 293 g/mol. The number of thiophene rings is 1. The Kier molecular flexibility index (Phi) is 3.83. The van der Waals surface area contributed by atoms with Gasteiger partial charge in [-0.1, -0.05) is 6.92 Å². The molecule has 0 aliphatic carbocycles. The minimum atomic E-state index is -3.32. The molecule has 2 unspecified atom stereocenters. The smallest absolute Gasteiger partial charge is 0.207 e. The van der Waals surface area contributed by atoms with E-state index >= 15 is 0 Å². The lowest BCUT2D eigenvalue weighted by Crippen LogP contribution is -2.33. The maximum atomic E-state index is 12.4. The number of alkyl halides is 1. The molecule has 0 spiro atoms. The molecule has 0 amide bonds. The van der Waals surface area contributed by atoms with Gasteiger partial charge < -0.3 is 0 Å². The predicted octanol–water partition coefficient (Wildman–Crippen LogP) is 2.91. The van der Waals surface area contributed by atoms with E-state index in [9.17, 15) is 8.42 Å². The Hall–Kier alpha value is -0.100. The Morgan fingerprint density at radius 3 is 2.71 bits per heavy atom. The lowest BCUT2D eigenvalue weighted by molar-refractivity contribution is 0.406. The van der Waals surface area contributed by atoms with E-state index in [0.29, 0.717) is 23.2 Å². The van der Waals surface area contributed by atoms with E-state index in [1.807, 2.05) is 6.92 Å². The predicted molar refractivity (Wildman–Crippen MR) is 71.0 cm³/mol. The van der Waals surface area contributed by atoms with Crippen LogP contribution in [0.4, 0.5) is 0 Å². The molecule has 1 aliphatic heterocycles. The first-order chi connectivity index (χ1) is 7.95. The SMILES string of the molecule is CC1CC(C)N(S(=O)(=O)c2csc(CCl)c2)C1. The van der Waals surface area contributed by atoms with Crippen LogP contribution < -0.4 is 0 Å². The molecule has 2 heterocycles. The fourth-order valence-corrected chi connectivity index (χ4v) is 5.44. The fraction of sp³-hybridized carbons (Fsp3) is 0.636. The summed E-state index contributed by atoms with van der Waals surface area (Å²) in [5, 5.41) is 1.68. The van der Waals surface area contributed by atoms with E-state index < -0.39 is 10.0 Å². The zero-order valence-electron chi connectivity index (χ0n) is 9.89. The Bertz CT molecular complexity index is 497. The van der Waals surface area contributed by atoms with E-state index in [2.05, 4.69) is 6.92 Å². The highest BCUT2D eigenvalue weighted by Crippen LogP contribution is 2.31. The molecular weight excluding hydrogens is 278 g/mol. The maximum absolute atomic E-state index is 12.4. The van der Waals surface area contributed by atoms with Crippen molar-refractivity contribution in [1.82, 2.24) is 4.31 Å². The summed E-state index contributed by atoms with van der Waals surface area (Å²) < 4.78 is 26.4. The molecule has 1 aromatic heterocycles. The van der Waals surface area contributed by atoms with Crippen molar-refractivity contribution in [3.63, 3.8) is 0 Å². The summed E-state index contributed by atoms with van der Waals surface area (Å²) in [6.45, 7) is 4.68. The summed E-state index contributed by atoms with van der Waals surface area (Å²) >= 11 is 7.10. The number of hydrogen-bond acceptors (Lipinski definition) is 3. The average Bonchev–Trinajstić information content (AvgIpc) is 2.85. The lowest BCUT2D eigenvalue weighted by Gasteiger charge is -2.20. The summed E-state index contributed by atoms with van der Waals surface area (Å²) in [6, 6.07) is 1.78. The number of rotatable bonds is 3. The van der Waals surface area contributed by atoms with Crippen LogP contribution in [0, 0.1) is 5.92 Å². The lowest BCUT2D eigenvalue weighted by atomic mass is 10.1. The molecule has 0 radical (unpaired) electrons. The second-order valence-corrected chi connectivity index (χ2v) is 7.80. The number of halogens is 1. The van der Waals surface area contributed by atoms with Crippen molar-refractivity contribution in [1.29, 1.82) is 0 Å². The molecule has 0 N–H and O–H groups in total. The van der Waals surface area contributed by atoms with Gasteiger partial charge in [0, 0.05) is 22.8 Å². The molecule has 3 nitrogen and oxygen atoms in total. The van der Waals surface area contributed by atoms with Gasteiger partial charge in [-0.15, -0.1) is 22.9 Å². The molecule has 1 saturated heterocycles. The topological polar surface area (TPSA) is 37.4 Å².